The highest BCUT2D eigenvalue weighted by molar-refractivity contribution is 7.16. The Balaban J connectivity index is 2.12. The van der Waals surface area contributed by atoms with Crippen LogP contribution in [0.1, 0.15) is 19.6 Å². The molecule has 23 heavy (non-hydrogen) atoms. The average molecular weight is 342 g/mol. The van der Waals surface area contributed by atoms with Gasteiger partial charge in [-0.3, -0.25) is 29.3 Å². The fourth-order valence-corrected chi connectivity index (χ4v) is 3.30. The van der Waals surface area contributed by atoms with Crippen LogP contribution in [0.4, 0.5) is 5.95 Å². The molecule has 10 nitrogen and oxygen atoms in total. The number of carbonyl (C=O) groups is 1. The van der Waals surface area contributed by atoms with Crippen molar-refractivity contribution < 1.29 is 19.7 Å². The number of thiazole rings is 1. The highest BCUT2D eigenvalue weighted by Gasteiger charge is 2.36. The maximum Gasteiger partial charge on any atom is 0.311 e. The quantitative estimate of drug-likeness (QED) is 0.545. The van der Waals surface area contributed by atoms with Crippen molar-refractivity contribution in [1.82, 2.24) is 14.5 Å². The Morgan fingerprint density at radius 1 is 1.57 bits per heavy atom. The van der Waals surface area contributed by atoms with E-state index in [1.165, 1.54) is 6.92 Å². The number of hydrogen-bond donors (Lipinski definition) is 4. The predicted octanol–water partition coefficient (Wildman–Crippen LogP) is -1.25. The third-order valence-corrected chi connectivity index (χ3v) is 4.38. The van der Waals surface area contributed by atoms with E-state index in [4.69, 9.17) is 9.84 Å². The molecule has 3 heterocycles. The molecule has 1 aliphatic heterocycles. The topological polar surface area (TPSA) is 147 Å². The van der Waals surface area contributed by atoms with E-state index in [-0.39, 0.29) is 29.3 Å². The van der Waals surface area contributed by atoms with E-state index >= 15 is 0 Å². The fourth-order valence-electron chi connectivity index (χ4n) is 2.45. The van der Waals surface area contributed by atoms with E-state index in [1.807, 2.05) is 0 Å². The number of aromatic amines is 1. The lowest BCUT2D eigenvalue weighted by Crippen LogP contribution is -2.25. The number of carbonyl (C=O) groups excluding carboxylic acids is 1. The zero-order chi connectivity index (χ0) is 16.7. The molecule has 2 aromatic heterocycles. The van der Waals surface area contributed by atoms with Crippen molar-refractivity contribution in [2.24, 2.45) is 0 Å². The summed E-state index contributed by atoms with van der Waals surface area (Å²) in [5.74, 6) is -0.511. The molecule has 0 spiro atoms. The zero-order valence-corrected chi connectivity index (χ0v) is 12.8. The van der Waals surface area contributed by atoms with Gasteiger partial charge in [-0.05, 0) is 0 Å². The second-order valence-electron chi connectivity index (χ2n) is 5.10. The van der Waals surface area contributed by atoms with Crippen molar-refractivity contribution in [3.63, 3.8) is 0 Å². The Morgan fingerprint density at radius 2 is 2.30 bits per heavy atom. The van der Waals surface area contributed by atoms with E-state index in [0.29, 0.717) is 11.3 Å². The lowest BCUT2D eigenvalue weighted by Gasteiger charge is -2.13. The molecule has 4 N–H and O–H groups in total. The van der Waals surface area contributed by atoms with Gasteiger partial charge in [0.05, 0.1) is 12.7 Å². The van der Waals surface area contributed by atoms with Gasteiger partial charge in [0.1, 0.15) is 17.0 Å². The van der Waals surface area contributed by atoms with Crippen LogP contribution in [0.3, 0.4) is 0 Å². The lowest BCUT2D eigenvalue weighted by molar-refractivity contribution is -0.114. The molecule has 0 radical (unpaired) electrons. The normalized spacial score (nSPS) is 24.2. The number of nitrogens with zero attached hydrogens (tertiary/aromatic N) is 2. The third-order valence-electron chi connectivity index (χ3n) is 3.44. The van der Waals surface area contributed by atoms with Crippen LogP contribution in [-0.4, -0.2) is 49.5 Å². The monoisotopic (exact) mass is 342 g/mol. The first-order chi connectivity index (χ1) is 10.9. The van der Waals surface area contributed by atoms with Gasteiger partial charge in [-0.25, -0.2) is 0 Å². The minimum Gasteiger partial charge on any atom is -0.394 e. The standard InChI is InChI=1S/C12H14N4O6S/c1-4(18)13-11-14-9-8(10(20)15-11)23-12(21)16(9)7-2-5(19)6(3-17)22-7/h5-7,17,19H,2-3H2,1H3,(H2,13,14,15,18,20)/t5-,6?,7?/m0/s1. The second kappa shape index (κ2) is 5.85. The summed E-state index contributed by atoms with van der Waals surface area (Å²) in [6, 6.07) is 0. The lowest BCUT2D eigenvalue weighted by atomic mass is 10.2. The van der Waals surface area contributed by atoms with Gasteiger partial charge in [0.15, 0.2) is 5.65 Å². The molecule has 0 aromatic carbocycles. The molecular formula is C12H14N4O6S. The van der Waals surface area contributed by atoms with Crippen molar-refractivity contribution in [3.8, 4) is 0 Å². The minimum atomic E-state index is -0.927. The zero-order valence-electron chi connectivity index (χ0n) is 12.0. The average Bonchev–Trinajstić information content (AvgIpc) is 2.98. The summed E-state index contributed by atoms with van der Waals surface area (Å²) in [5.41, 5.74) is -0.500. The second-order valence-corrected chi connectivity index (χ2v) is 6.06. The van der Waals surface area contributed by atoms with Crippen LogP contribution in [0.2, 0.25) is 0 Å². The number of rotatable bonds is 3. The summed E-state index contributed by atoms with van der Waals surface area (Å²) in [6.45, 7) is 0.868. The van der Waals surface area contributed by atoms with E-state index in [9.17, 15) is 19.5 Å². The van der Waals surface area contributed by atoms with Crippen molar-refractivity contribution in [2.75, 3.05) is 11.9 Å². The van der Waals surface area contributed by atoms with Crippen molar-refractivity contribution in [3.05, 3.63) is 20.0 Å². The SMILES string of the molecule is CC(=O)Nc1nc2c(sc(=O)n2C2C[C@H](O)C(CO)O2)c(=O)[nH]1. The molecule has 2 unspecified atom stereocenters. The Bertz CT molecular complexity index is 871. The smallest absolute Gasteiger partial charge is 0.311 e. The molecule has 1 saturated heterocycles. The van der Waals surface area contributed by atoms with E-state index in [1.54, 1.807) is 0 Å². The molecule has 0 saturated carbocycles. The number of amides is 1. The molecule has 1 aliphatic rings. The number of nitrogens with one attached hydrogen (secondary N) is 2. The molecule has 0 bridgehead atoms. The van der Waals surface area contributed by atoms with Gasteiger partial charge < -0.3 is 14.9 Å². The Morgan fingerprint density at radius 3 is 2.91 bits per heavy atom. The first-order valence-electron chi connectivity index (χ1n) is 6.78. The third kappa shape index (κ3) is 2.79. The van der Waals surface area contributed by atoms with Crippen LogP contribution < -0.4 is 15.7 Å². The number of aliphatic hydroxyl groups is 2. The molecule has 3 rings (SSSR count). The molecule has 0 aliphatic carbocycles. The summed E-state index contributed by atoms with van der Waals surface area (Å²) in [7, 11) is 0. The number of fused-ring (bicyclic) bond motifs is 1. The molecular weight excluding hydrogens is 328 g/mol. The molecule has 1 amide bonds. The van der Waals surface area contributed by atoms with E-state index in [0.717, 1.165) is 4.57 Å². The first-order valence-corrected chi connectivity index (χ1v) is 7.59. The largest absolute Gasteiger partial charge is 0.394 e. The molecule has 3 atom stereocenters. The predicted molar refractivity (Wildman–Crippen MR) is 80.4 cm³/mol. The fraction of sp³-hybridized carbons (Fsp3) is 0.500. The van der Waals surface area contributed by atoms with Gasteiger partial charge in [-0.2, -0.15) is 4.98 Å². The van der Waals surface area contributed by atoms with Crippen molar-refractivity contribution >= 4 is 33.5 Å². The van der Waals surface area contributed by atoms with E-state index in [2.05, 4.69) is 15.3 Å². The van der Waals surface area contributed by atoms with E-state index < -0.39 is 34.8 Å². The maximum atomic E-state index is 12.2. The van der Waals surface area contributed by atoms with Crippen LogP contribution in [0, 0.1) is 0 Å². The number of aromatic nitrogens is 3. The molecule has 11 heteroatoms. The van der Waals surface area contributed by atoms with Gasteiger partial charge >= 0.3 is 4.87 Å². The molecule has 1 fully saturated rings. The maximum absolute atomic E-state index is 12.2. The minimum absolute atomic E-state index is 0.0586. The Labute approximate surface area is 132 Å². The highest BCUT2D eigenvalue weighted by atomic mass is 32.1. The number of hydrogen-bond acceptors (Lipinski definition) is 8. The summed E-state index contributed by atoms with van der Waals surface area (Å²) in [5, 5.41) is 21.3. The number of ether oxygens (including phenoxy) is 1. The van der Waals surface area contributed by atoms with Crippen molar-refractivity contribution in [2.45, 2.75) is 31.8 Å². The summed E-state index contributed by atoms with van der Waals surface area (Å²) in [6.07, 6.45) is -2.49. The van der Waals surface area contributed by atoms with Crippen molar-refractivity contribution in [1.29, 1.82) is 0 Å². The highest BCUT2D eigenvalue weighted by Crippen LogP contribution is 2.30. The molecule has 124 valence electrons. The molecule has 2 aromatic rings. The number of aliphatic hydroxyl groups excluding tert-OH is 2. The van der Waals surface area contributed by atoms with Gasteiger partial charge in [0, 0.05) is 13.3 Å². The van der Waals surface area contributed by atoms with Crippen LogP contribution >= 0.6 is 11.3 Å². The van der Waals surface area contributed by atoms with Crippen LogP contribution in [-0.2, 0) is 9.53 Å². The van der Waals surface area contributed by atoms with Gasteiger partial charge in [0.2, 0.25) is 11.9 Å². The first kappa shape index (κ1) is 15.8. The number of anilines is 1. The Kier molecular flexibility index (Phi) is 4.02. The summed E-state index contributed by atoms with van der Waals surface area (Å²) < 4.78 is 6.69. The van der Waals surface area contributed by atoms with Crippen LogP contribution in [0.25, 0.3) is 10.3 Å². The summed E-state index contributed by atoms with van der Waals surface area (Å²) >= 11 is 0.694. The Hall–Kier alpha value is -2.08. The van der Waals surface area contributed by atoms with Gasteiger partial charge in [0.25, 0.3) is 5.56 Å². The van der Waals surface area contributed by atoms with Gasteiger partial charge in [-0.1, -0.05) is 11.3 Å². The number of H-pyrrole nitrogens is 1. The van der Waals surface area contributed by atoms with Crippen LogP contribution in [0.5, 0.6) is 0 Å². The summed E-state index contributed by atoms with van der Waals surface area (Å²) in [4.78, 5) is 41.3. The van der Waals surface area contributed by atoms with Gasteiger partial charge in [-0.15, -0.1) is 0 Å². The van der Waals surface area contributed by atoms with Crippen LogP contribution in [0.15, 0.2) is 9.59 Å².